The molecule has 2 rings (SSSR count). The van der Waals surface area contributed by atoms with Gasteiger partial charge in [0.15, 0.2) is 6.10 Å². The predicted octanol–water partition coefficient (Wildman–Crippen LogP) is 7.94. The fourth-order valence-corrected chi connectivity index (χ4v) is 4.90. The lowest BCUT2D eigenvalue weighted by Gasteiger charge is -2.24. The SMILES string of the molecule is CCCc1cc(CCC)cc(C(=O)C(OC(C)=O)c2c(CCC)cc(CCC)cc2CCC)c1. The van der Waals surface area contributed by atoms with Gasteiger partial charge in [0.05, 0.1) is 0 Å². The molecule has 0 N–H and O–H groups in total. The van der Waals surface area contributed by atoms with Crippen molar-refractivity contribution >= 4 is 11.8 Å². The van der Waals surface area contributed by atoms with E-state index in [-0.39, 0.29) is 5.78 Å². The van der Waals surface area contributed by atoms with Crippen molar-refractivity contribution in [3.8, 4) is 0 Å². The molecule has 0 spiro atoms. The molecule has 0 fully saturated rings. The van der Waals surface area contributed by atoms with Crippen molar-refractivity contribution < 1.29 is 14.3 Å². The Morgan fingerprint density at radius 3 is 1.44 bits per heavy atom. The van der Waals surface area contributed by atoms with Crippen molar-refractivity contribution in [2.75, 3.05) is 0 Å². The molecule has 3 heteroatoms. The summed E-state index contributed by atoms with van der Waals surface area (Å²) >= 11 is 0. The molecule has 0 radical (unpaired) electrons. The summed E-state index contributed by atoms with van der Waals surface area (Å²) in [7, 11) is 0. The Morgan fingerprint density at radius 2 is 1.06 bits per heavy atom. The summed E-state index contributed by atoms with van der Waals surface area (Å²) in [6.07, 6.45) is 8.79. The molecule has 34 heavy (non-hydrogen) atoms. The quantitative estimate of drug-likeness (QED) is 0.210. The summed E-state index contributed by atoms with van der Waals surface area (Å²) in [4.78, 5) is 26.3. The average molecular weight is 465 g/mol. The van der Waals surface area contributed by atoms with Crippen molar-refractivity contribution in [1.29, 1.82) is 0 Å². The first kappa shape index (κ1) is 27.8. The summed E-state index contributed by atoms with van der Waals surface area (Å²) < 4.78 is 5.84. The summed E-state index contributed by atoms with van der Waals surface area (Å²) in [6, 6.07) is 10.7. The van der Waals surface area contributed by atoms with E-state index in [1.54, 1.807) is 0 Å². The molecule has 2 aromatic carbocycles. The van der Waals surface area contributed by atoms with Crippen LogP contribution in [0.1, 0.15) is 123 Å². The number of rotatable bonds is 14. The third-order valence-electron chi connectivity index (χ3n) is 6.19. The van der Waals surface area contributed by atoms with Crippen molar-refractivity contribution in [1.82, 2.24) is 0 Å². The molecular formula is C31H44O3. The number of aryl methyl sites for hydroxylation is 5. The van der Waals surface area contributed by atoms with Crippen molar-refractivity contribution in [2.45, 2.75) is 112 Å². The first-order chi connectivity index (χ1) is 16.4. The fraction of sp³-hybridized carbons (Fsp3) is 0.548. The van der Waals surface area contributed by atoms with E-state index in [1.807, 2.05) is 12.1 Å². The molecule has 0 aromatic heterocycles. The van der Waals surface area contributed by atoms with E-state index in [4.69, 9.17) is 4.74 Å². The standard InChI is InChI=1S/C31H44O3/c1-7-12-23-17-24(13-8-2)21-28(20-23)30(33)31(34-22(6)32)29-26(15-10-4)18-25(14-9-3)19-27(29)16-11-5/h17-21,31H,7-16H2,1-6H3. The molecule has 3 nitrogen and oxygen atoms in total. The van der Waals surface area contributed by atoms with E-state index in [1.165, 1.54) is 23.6 Å². The van der Waals surface area contributed by atoms with Crippen LogP contribution in [0.5, 0.6) is 0 Å². The normalized spacial score (nSPS) is 11.9. The zero-order chi connectivity index (χ0) is 25.1. The van der Waals surface area contributed by atoms with Gasteiger partial charge in [-0.2, -0.15) is 0 Å². The van der Waals surface area contributed by atoms with Crippen LogP contribution < -0.4 is 0 Å². The number of hydrogen-bond acceptors (Lipinski definition) is 3. The van der Waals surface area contributed by atoms with E-state index in [0.29, 0.717) is 5.56 Å². The van der Waals surface area contributed by atoms with E-state index >= 15 is 0 Å². The third-order valence-corrected chi connectivity index (χ3v) is 6.19. The molecule has 0 aliphatic carbocycles. The van der Waals surface area contributed by atoms with Crippen LogP contribution in [0.4, 0.5) is 0 Å². The molecule has 0 saturated carbocycles. The Labute approximate surface area is 207 Å². The van der Waals surface area contributed by atoms with Crippen molar-refractivity contribution in [2.24, 2.45) is 0 Å². The van der Waals surface area contributed by atoms with Gasteiger partial charge in [0.25, 0.3) is 0 Å². The van der Waals surface area contributed by atoms with E-state index in [0.717, 1.165) is 80.9 Å². The second-order valence-corrected chi connectivity index (χ2v) is 9.47. The number of Topliss-reactive ketones (excluding diaryl/α,β-unsaturated/α-hetero) is 1. The molecule has 0 bridgehead atoms. The minimum Gasteiger partial charge on any atom is -0.449 e. The van der Waals surface area contributed by atoms with Gasteiger partial charge < -0.3 is 4.74 Å². The summed E-state index contributed by atoms with van der Waals surface area (Å²) in [5.41, 5.74) is 7.54. The lowest BCUT2D eigenvalue weighted by molar-refractivity contribution is -0.144. The van der Waals surface area contributed by atoms with Gasteiger partial charge in [-0.1, -0.05) is 84.9 Å². The van der Waals surface area contributed by atoms with Gasteiger partial charge >= 0.3 is 5.97 Å². The molecule has 1 atom stereocenters. The molecule has 0 aliphatic heterocycles. The number of carbonyl (C=O) groups excluding carboxylic acids is 2. The maximum Gasteiger partial charge on any atom is 0.303 e. The van der Waals surface area contributed by atoms with Gasteiger partial charge in [0, 0.05) is 18.1 Å². The van der Waals surface area contributed by atoms with Crippen LogP contribution in [0.25, 0.3) is 0 Å². The monoisotopic (exact) mass is 464 g/mol. The smallest absolute Gasteiger partial charge is 0.303 e. The minimum absolute atomic E-state index is 0.108. The summed E-state index contributed by atoms with van der Waals surface area (Å²) in [6.45, 7) is 12.2. The fourth-order valence-electron chi connectivity index (χ4n) is 4.90. The van der Waals surface area contributed by atoms with Crippen LogP contribution in [0.15, 0.2) is 30.3 Å². The molecule has 0 heterocycles. The molecule has 2 aromatic rings. The Hall–Kier alpha value is -2.42. The van der Waals surface area contributed by atoms with E-state index in [2.05, 4.69) is 52.8 Å². The van der Waals surface area contributed by atoms with Gasteiger partial charge in [-0.25, -0.2) is 0 Å². The van der Waals surface area contributed by atoms with Crippen LogP contribution in [0.3, 0.4) is 0 Å². The molecule has 0 amide bonds. The van der Waals surface area contributed by atoms with Gasteiger partial charge in [0.1, 0.15) is 0 Å². The van der Waals surface area contributed by atoms with E-state index in [9.17, 15) is 9.59 Å². The summed E-state index contributed by atoms with van der Waals surface area (Å²) in [5.74, 6) is -0.525. The van der Waals surface area contributed by atoms with Crippen LogP contribution in [0.2, 0.25) is 0 Å². The Morgan fingerprint density at radius 1 is 0.647 bits per heavy atom. The lowest BCUT2D eigenvalue weighted by Crippen LogP contribution is -2.22. The first-order valence-corrected chi connectivity index (χ1v) is 13.4. The highest BCUT2D eigenvalue weighted by molar-refractivity contribution is 6.01. The van der Waals surface area contributed by atoms with Crippen LogP contribution >= 0.6 is 0 Å². The zero-order valence-electron chi connectivity index (χ0n) is 22.3. The highest BCUT2D eigenvalue weighted by atomic mass is 16.5. The van der Waals surface area contributed by atoms with Gasteiger partial charge in [-0.3, -0.25) is 9.59 Å². The van der Waals surface area contributed by atoms with Gasteiger partial charge in [0.2, 0.25) is 5.78 Å². The topological polar surface area (TPSA) is 43.4 Å². The maximum absolute atomic E-state index is 14.0. The van der Waals surface area contributed by atoms with Gasteiger partial charge in [-0.15, -0.1) is 0 Å². The number of benzene rings is 2. The first-order valence-electron chi connectivity index (χ1n) is 13.4. The van der Waals surface area contributed by atoms with Crippen LogP contribution in [0, 0.1) is 0 Å². The largest absolute Gasteiger partial charge is 0.449 e. The second kappa shape index (κ2) is 14.1. The zero-order valence-corrected chi connectivity index (χ0v) is 22.3. The molecular weight excluding hydrogens is 420 g/mol. The van der Waals surface area contributed by atoms with Crippen molar-refractivity contribution in [3.05, 3.63) is 69.3 Å². The van der Waals surface area contributed by atoms with Crippen molar-refractivity contribution in [3.63, 3.8) is 0 Å². The van der Waals surface area contributed by atoms with Crippen LogP contribution in [-0.2, 0) is 41.6 Å². The van der Waals surface area contributed by atoms with E-state index < -0.39 is 12.1 Å². The Kier molecular flexibility index (Phi) is 11.5. The highest BCUT2D eigenvalue weighted by Crippen LogP contribution is 2.33. The number of ether oxygens (including phenoxy) is 1. The number of esters is 1. The Balaban J connectivity index is 2.70. The number of hydrogen-bond donors (Lipinski definition) is 0. The predicted molar refractivity (Wildman–Crippen MR) is 142 cm³/mol. The van der Waals surface area contributed by atoms with Crippen LogP contribution in [-0.4, -0.2) is 11.8 Å². The minimum atomic E-state index is -0.900. The average Bonchev–Trinajstić information content (AvgIpc) is 2.78. The third kappa shape index (κ3) is 7.55. The molecule has 0 aliphatic rings. The highest BCUT2D eigenvalue weighted by Gasteiger charge is 2.30. The molecule has 0 saturated heterocycles. The number of carbonyl (C=O) groups is 2. The molecule has 1 unspecified atom stereocenters. The maximum atomic E-state index is 14.0. The summed E-state index contributed by atoms with van der Waals surface area (Å²) in [5, 5.41) is 0. The lowest BCUT2D eigenvalue weighted by atomic mass is 9.85. The van der Waals surface area contributed by atoms with Gasteiger partial charge in [-0.05, 0) is 72.1 Å². The molecule has 186 valence electrons. The Bertz CT molecular complexity index is 906. The number of ketones is 1. The second-order valence-electron chi connectivity index (χ2n) is 9.47.